The van der Waals surface area contributed by atoms with Gasteiger partial charge in [-0.2, -0.15) is 18.2 Å². The summed E-state index contributed by atoms with van der Waals surface area (Å²) in [5, 5.41) is 0.550. The molecule has 9 heteroatoms. The zero-order valence-corrected chi connectivity index (χ0v) is 23.2. The van der Waals surface area contributed by atoms with Gasteiger partial charge in [-0.3, -0.25) is 4.79 Å². The van der Waals surface area contributed by atoms with Crippen molar-refractivity contribution in [2.24, 2.45) is 5.92 Å². The Kier molecular flexibility index (Phi) is 12.0. The van der Waals surface area contributed by atoms with Crippen LogP contribution in [0.1, 0.15) is 83.6 Å². The molecule has 0 aliphatic carbocycles. The summed E-state index contributed by atoms with van der Waals surface area (Å²) in [6.45, 7) is 4.90. The van der Waals surface area contributed by atoms with E-state index in [1.165, 1.54) is 31.4 Å². The van der Waals surface area contributed by atoms with Gasteiger partial charge in [-0.15, -0.1) is 0 Å². The third-order valence-electron chi connectivity index (χ3n) is 6.89. The number of aromatic nitrogens is 1. The van der Waals surface area contributed by atoms with Gasteiger partial charge in [-0.25, -0.2) is 4.79 Å². The van der Waals surface area contributed by atoms with Gasteiger partial charge in [0.05, 0.1) is 30.3 Å². The van der Waals surface area contributed by atoms with Crippen molar-refractivity contribution in [3.05, 3.63) is 58.4 Å². The van der Waals surface area contributed by atoms with Crippen molar-refractivity contribution >= 4 is 17.1 Å². The van der Waals surface area contributed by atoms with E-state index in [0.29, 0.717) is 30.0 Å². The van der Waals surface area contributed by atoms with Gasteiger partial charge >= 0.3 is 17.8 Å². The lowest BCUT2D eigenvalue weighted by Gasteiger charge is -2.09. The van der Waals surface area contributed by atoms with Crippen molar-refractivity contribution in [1.82, 2.24) is 4.98 Å². The minimum atomic E-state index is -4.44. The summed E-state index contributed by atoms with van der Waals surface area (Å²) in [5.74, 6) is 0.243. The van der Waals surface area contributed by atoms with E-state index in [4.69, 9.17) is 13.9 Å². The molecule has 0 N–H and O–H groups in total. The Morgan fingerprint density at radius 1 is 0.900 bits per heavy atom. The summed E-state index contributed by atoms with van der Waals surface area (Å²) >= 11 is 0. The fourth-order valence-corrected chi connectivity index (χ4v) is 4.20. The van der Waals surface area contributed by atoms with Crippen LogP contribution in [0.4, 0.5) is 13.2 Å². The van der Waals surface area contributed by atoms with E-state index in [2.05, 4.69) is 4.98 Å². The van der Waals surface area contributed by atoms with Crippen LogP contribution in [0.2, 0.25) is 0 Å². The number of esters is 1. The smallest absolute Gasteiger partial charge is 0.416 e. The molecule has 1 aromatic carbocycles. The molecular formula is C31H38F3NO5. The SMILES string of the molecule is CCC(C)C(=O)OCCCCCCCCCCCOc1ccc2cc(-c3ccc(C(F)(F)F)cc3)c(=O)oc2n1. The molecular weight excluding hydrogens is 523 g/mol. The van der Waals surface area contributed by atoms with Crippen LogP contribution in [-0.2, 0) is 15.7 Å². The van der Waals surface area contributed by atoms with Gasteiger partial charge in [0, 0.05) is 11.5 Å². The highest BCUT2D eigenvalue weighted by Crippen LogP contribution is 2.31. The van der Waals surface area contributed by atoms with Gasteiger partial charge in [-0.05, 0) is 49.1 Å². The zero-order valence-electron chi connectivity index (χ0n) is 23.2. The number of pyridine rings is 1. The van der Waals surface area contributed by atoms with E-state index in [9.17, 15) is 22.8 Å². The molecule has 0 aliphatic heterocycles. The van der Waals surface area contributed by atoms with Crippen LogP contribution in [-0.4, -0.2) is 24.2 Å². The van der Waals surface area contributed by atoms with E-state index in [1.807, 2.05) is 13.8 Å². The number of nitrogens with zero attached hydrogens (tertiary/aromatic N) is 1. The Bertz CT molecular complexity index is 1270. The molecule has 0 spiro atoms. The Balaban J connectivity index is 1.32. The maximum absolute atomic E-state index is 12.8. The highest BCUT2D eigenvalue weighted by molar-refractivity contribution is 5.79. The highest BCUT2D eigenvalue weighted by Gasteiger charge is 2.30. The quantitative estimate of drug-likeness (QED) is 0.129. The van der Waals surface area contributed by atoms with Crippen LogP contribution in [0, 0.1) is 5.92 Å². The van der Waals surface area contributed by atoms with Gasteiger partial charge in [0.1, 0.15) is 0 Å². The Labute approximate surface area is 232 Å². The molecule has 218 valence electrons. The molecule has 0 radical (unpaired) electrons. The first-order chi connectivity index (χ1) is 19.2. The molecule has 2 aromatic heterocycles. The molecule has 6 nitrogen and oxygen atoms in total. The van der Waals surface area contributed by atoms with Crippen LogP contribution in [0.3, 0.4) is 0 Å². The number of benzene rings is 1. The van der Waals surface area contributed by atoms with Crippen molar-refractivity contribution in [3.8, 4) is 17.0 Å². The fourth-order valence-electron chi connectivity index (χ4n) is 4.20. The van der Waals surface area contributed by atoms with Crippen LogP contribution in [0.5, 0.6) is 5.88 Å². The standard InChI is InChI=1S/C31H38F3NO5/c1-3-22(2)29(36)39-20-12-10-8-6-4-5-7-9-11-19-38-27-18-15-24-21-26(30(37)40-28(24)35-27)23-13-16-25(17-14-23)31(32,33)34/h13-18,21-22H,3-12,19-20H2,1-2H3. The first-order valence-corrected chi connectivity index (χ1v) is 14.1. The van der Waals surface area contributed by atoms with Gasteiger partial charge < -0.3 is 13.9 Å². The van der Waals surface area contributed by atoms with Crippen LogP contribution >= 0.6 is 0 Å². The molecule has 0 fully saturated rings. The van der Waals surface area contributed by atoms with Crippen LogP contribution in [0.15, 0.2) is 51.7 Å². The summed E-state index contributed by atoms with van der Waals surface area (Å²) in [6, 6.07) is 9.33. The molecule has 0 amide bonds. The number of alkyl halides is 3. The van der Waals surface area contributed by atoms with E-state index in [1.54, 1.807) is 18.2 Å². The van der Waals surface area contributed by atoms with E-state index < -0.39 is 17.4 Å². The Hall–Kier alpha value is -3.36. The lowest BCUT2D eigenvalue weighted by atomic mass is 10.0. The zero-order chi connectivity index (χ0) is 29.0. The second-order valence-corrected chi connectivity index (χ2v) is 10.1. The first kappa shape index (κ1) is 31.2. The lowest BCUT2D eigenvalue weighted by Crippen LogP contribution is -2.14. The monoisotopic (exact) mass is 561 g/mol. The number of fused-ring (bicyclic) bond motifs is 1. The molecule has 0 aliphatic rings. The van der Waals surface area contributed by atoms with Gasteiger partial charge in [-0.1, -0.05) is 70.9 Å². The Morgan fingerprint density at radius 2 is 1.50 bits per heavy atom. The number of carbonyl (C=O) groups is 1. The number of rotatable bonds is 16. The van der Waals surface area contributed by atoms with E-state index in [0.717, 1.165) is 57.1 Å². The largest absolute Gasteiger partial charge is 0.478 e. The normalized spacial score (nSPS) is 12.4. The summed E-state index contributed by atoms with van der Waals surface area (Å²) in [6.07, 6.45) is 6.12. The summed E-state index contributed by atoms with van der Waals surface area (Å²) in [4.78, 5) is 28.3. The third-order valence-corrected chi connectivity index (χ3v) is 6.89. The minimum absolute atomic E-state index is 0.0171. The first-order valence-electron chi connectivity index (χ1n) is 14.1. The Morgan fingerprint density at radius 3 is 2.10 bits per heavy atom. The number of unbranched alkanes of at least 4 members (excludes halogenated alkanes) is 8. The van der Waals surface area contributed by atoms with Crippen molar-refractivity contribution < 1.29 is 31.9 Å². The average molecular weight is 562 g/mol. The number of carbonyl (C=O) groups excluding carboxylic acids is 1. The van der Waals surface area contributed by atoms with E-state index in [-0.39, 0.29) is 23.2 Å². The third kappa shape index (κ3) is 9.68. The number of ether oxygens (including phenoxy) is 2. The van der Waals surface area contributed by atoms with Crippen LogP contribution < -0.4 is 10.4 Å². The highest BCUT2D eigenvalue weighted by atomic mass is 19.4. The molecule has 0 saturated heterocycles. The van der Waals surface area contributed by atoms with Crippen molar-refractivity contribution in [1.29, 1.82) is 0 Å². The topological polar surface area (TPSA) is 78.6 Å². The summed E-state index contributed by atoms with van der Waals surface area (Å²) in [5.41, 5.74) is -0.841. The van der Waals surface area contributed by atoms with Gasteiger partial charge in [0.15, 0.2) is 0 Å². The summed E-state index contributed by atoms with van der Waals surface area (Å²) < 4.78 is 54.8. The molecule has 2 heterocycles. The van der Waals surface area contributed by atoms with E-state index >= 15 is 0 Å². The molecule has 3 aromatic rings. The van der Waals surface area contributed by atoms with Crippen molar-refractivity contribution in [2.75, 3.05) is 13.2 Å². The predicted octanol–water partition coefficient (Wildman–Crippen LogP) is 8.35. The van der Waals surface area contributed by atoms with Crippen molar-refractivity contribution in [3.63, 3.8) is 0 Å². The maximum atomic E-state index is 12.8. The van der Waals surface area contributed by atoms with Crippen molar-refractivity contribution in [2.45, 2.75) is 84.2 Å². The molecule has 40 heavy (non-hydrogen) atoms. The molecule has 0 saturated carbocycles. The fraction of sp³-hybridized carbons (Fsp3) is 0.516. The second kappa shape index (κ2) is 15.4. The maximum Gasteiger partial charge on any atom is 0.416 e. The average Bonchev–Trinajstić information content (AvgIpc) is 2.94. The van der Waals surface area contributed by atoms with Gasteiger partial charge in [0.25, 0.3) is 0 Å². The molecule has 1 unspecified atom stereocenters. The molecule has 1 atom stereocenters. The molecule has 0 bridgehead atoms. The molecule has 3 rings (SSSR count). The minimum Gasteiger partial charge on any atom is -0.478 e. The lowest BCUT2D eigenvalue weighted by molar-refractivity contribution is -0.148. The van der Waals surface area contributed by atoms with Gasteiger partial charge in [0.2, 0.25) is 11.6 Å². The van der Waals surface area contributed by atoms with Crippen LogP contribution in [0.25, 0.3) is 22.2 Å². The number of halogens is 3. The second-order valence-electron chi connectivity index (χ2n) is 10.1. The number of hydrogen-bond acceptors (Lipinski definition) is 6. The number of hydrogen-bond donors (Lipinski definition) is 0. The predicted molar refractivity (Wildman–Crippen MR) is 148 cm³/mol. The summed E-state index contributed by atoms with van der Waals surface area (Å²) in [7, 11) is 0.